The third-order valence-electron chi connectivity index (χ3n) is 11.4. The second-order valence-corrected chi connectivity index (χ2v) is 17.2. The fraction of sp³-hybridized carbons (Fsp3) is 0.849. The Morgan fingerprint density at radius 1 is 0.397 bits per heavy atom. The molecular formula is C53H98O5. The quantitative estimate of drug-likeness (QED) is 0.0376. The first-order valence-corrected chi connectivity index (χ1v) is 25.5. The maximum Gasteiger partial charge on any atom is 0.306 e. The first-order chi connectivity index (χ1) is 28.6. The van der Waals surface area contributed by atoms with Gasteiger partial charge in [-0.25, -0.2) is 0 Å². The van der Waals surface area contributed by atoms with E-state index in [4.69, 9.17) is 9.47 Å². The molecule has 0 aliphatic carbocycles. The molecule has 5 nitrogen and oxygen atoms in total. The fourth-order valence-corrected chi connectivity index (χ4v) is 7.52. The molecule has 0 aromatic carbocycles. The van der Waals surface area contributed by atoms with E-state index in [1.807, 2.05) is 0 Å². The summed E-state index contributed by atoms with van der Waals surface area (Å²) in [5, 5.41) is 9.62. The molecule has 0 heterocycles. The lowest BCUT2D eigenvalue weighted by atomic mass is 10.0. The average Bonchev–Trinajstić information content (AvgIpc) is 3.23. The van der Waals surface area contributed by atoms with Crippen molar-refractivity contribution in [1.29, 1.82) is 0 Å². The third kappa shape index (κ3) is 46.8. The second-order valence-electron chi connectivity index (χ2n) is 17.2. The van der Waals surface area contributed by atoms with Crippen LogP contribution in [0.25, 0.3) is 0 Å². The lowest BCUT2D eigenvalue weighted by molar-refractivity contribution is -0.161. The molecule has 0 saturated heterocycles. The summed E-state index contributed by atoms with van der Waals surface area (Å²) >= 11 is 0. The van der Waals surface area contributed by atoms with E-state index in [-0.39, 0.29) is 25.2 Å². The zero-order chi connectivity index (χ0) is 42.1. The molecule has 1 atom stereocenters. The van der Waals surface area contributed by atoms with Crippen LogP contribution in [0.3, 0.4) is 0 Å². The number of rotatable bonds is 47. The van der Waals surface area contributed by atoms with Crippen LogP contribution >= 0.6 is 0 Å². The summed E-state index contributed by atoms with van der Waals surface area (Å²) in [5.74, 6) is -0.584. The fourth-order valence-electron chi connectivity index (χ4n) is 7.52. The molecule has 58 heavy (non-hydrogen) atoms. The Bertz CT molecular complexity index is 924. The summed E-state index contributed by atoms with van der Waals surface area (Å²) in [6, 6.07) is 0. The lowest BCUT2D eigenvalue weighted by Crippen LogP contribution is -2.28. The number of carbonyl (C=O) groups excluding carboxylic acids is 2. The molecule has 340 valence electrons. The van der Waals surface area contributed by atoms with E-state index < -0.39 is 6.10 Å². The summed E-state index contributed by atoms with van der Waals surface area (Å²) in [5.41, 5.74) is 0. The molecule has 0 fully saturated rings. The number of aliphatic hydroxyl groups is 1. The molecule has 0 aromatic rings. The van der Waals surface area contributed by atoms with Gasteiger partial charge in [0.2, 0.25) is 0 Å². The van der Waals surface area contributed by atoms with Crippen molar-refractivity contribution in [2.45, 2.75) is 277 Å². The van der Waals surface area contributed by atoms with Gasteiger partial charge >= 0.3 is 11.9 Å². The van der Waals surface area contributed by atoms with Gasteiger partial charge in [0.05, 0.1) is 6.61 Å². The van der Waals surface area contributed by atoms with Crippen LogP contribution < -0.4 is 0 Å². The normalized spacial score (nSPS) is 12.4. The van der Waals surface area contributed by atoms with E-state index in [9.17, 15) is 14.7 Å². The van der Waals surface area contributed by atoms with E-state index in [2.05, 4.69) is 50.3 Å². The molecule has 0 bridgehead atoms. The summed E-state index contributed by atoms with van der Waals surface area (Å²) in [6.45, 7) is 4.16. The summed E-state index contributed by atoms with van der Waals surface area (Å²) in [4.78, 5) is 24.4. The van der Waals surface area contributed by atoms with Crippen molar-refractivity contribution in [3.05, 3.63) is 36.5 Å². The van der Waals surface area contributed by atoms with Gasteiger partial charge in [0, 0.05) is 12.8 Å². The number of hydrogen-bond acceptors (Lipinski definition) is 5. The number of hydrogen-bond donors (Lipinski definition) is 1. The number of unbranched alkanes of at least 4 members (excludes halogenated alkanes) is 33. The zero-order valence-corrected chi connectivity index (χ0v) is 38.8. The van der Waals surface area contributed by atoms with E-state index in [0.29, 0.717) is 12.8 Å². The topological polar surface area (TPSA) is 72.8 Å². The Morgan fingerprint density at radius 3 is 1.03 bits per heavy atom. The first-order valence-electron chi connectivity index (χ1n) is 25.5. The highest BCUT2D eigenvalue weighted by Crippen LogP contribution is 2.15. The molecule has 0 saturated carbocycles. The Labute approximate surface area is 361 Å². The van der Waals surface area contributed by atoms with Gasteiger partial charge in [-0.1, -0.05) is 224 Å². The van der Waals surface area contributed by atoms with E-state index in [0.717, 1.165) is 44.9 Å². The van der Waals surface area contributed by atoms with Crippen LogP contribution in [0.5, 0.6) is 0 Å². The van der Waals surface area contributed by atoms with Crippen LogP contribution in [0.15, 0.2) is 36.5 Å². The van der Waals surface area contributed by atoms with Gasteiger partial charge in [0.25, 0.3) is 0 Å². The van der Waals surface area contributed by atoms with E-state index in [1.54, 1.807) is 0 Å². The highest BCUT2D eigenvalue weighted by Gasteiger charge is 2.16. The smallest absolute Gasteiger partial charge is 0.306 e. The molecule has 0 rings (SSSR count). The molecule has 0 aliphatic heterocycles. The number of ether oxygens (including phenoxy) is 2. The molecule has 5 heteroatoms. The van der Waals surface area contributed by atoms with Gasteiger partial charge in [-0.15, -0.1) is 0 Å². The second kappa shape index (κ2) is 49.5. The number of allylic oxidation sites excluding steroid dienone is 6. The predicted molar refractivity (Wildman–Crippen MR) is 251 cm³/mol. The molecule has 0 aromatic heterocycles. The van der Waals surface area contributed by atoms with Crippen LogP contribution in [0, 0.1) is 0 Å². The Kier molecular flexibility index (Phi) is 47.9. The summed E-state index contributed by atoms with van der Waals surface area (Å²) in [6.07, 6.45) is 62.3. The monoisotopic (exact) mass is 815 g/mol. The van der Waals surface area contributed by atoms with Crippen molar-refractivity contribution < 1.29 is 24.2 Å². The number of aliphatic hydroxyl groups excluding tert-OH is 1. The minimum Gasteiger partial charge on any atom is -0.462 e. The molecule has 1 unspecified atom stereocenters. The molecule has 0 amide bonds. The molecule has 0 spiro atoms. The van der Waals surface area contributed by atoms with Crippen molar-refractivity contribution in [3.63, 3.8) is 0 Å². The standard InChI is InChI=1S/C53H98O5/c1-3-5-7-9-11-13-15-17-19-21-23-25-26-28-30-32-34-36-38-40-42-44-46-48-53(56)58-51(49-54)50-57-52(55)47-45-43-41-39-37-35-33-31-29-27-24-22-20-18-16-14-12-10-8-6-4-2/h15,17,21-24,51,54H,3-14,16,18-20,25-50H2,1-2H3/b17-15-,23-21-,24-22-. The van der Waals surface area contributed by atoms with Crippen molar-refractivity contribution in [3.8, 4) is 0 Å². The molecule has 0 aliphatic rings. The molecule has 1 N–H and O–H groups in total. The van der Waals surface area contributed by atoms with Crippen LogP contribution in [-0.4, -0.2) is 36.4 Å². The van der Waals surface area contributed by atoms with Crippen LogP contribution in [0.4, 0.5) is 0 Å². The van der Waals surface area contributed by atoms with Gasteiger partial charge in [-0.2, -0.15) is 0 Å². The van der Waals surface area contributed by atoms with Crippen LogP contribution in [0.2, 0.25) is 0 Å². The SMILES string of the molecule is CCCCCCC/C=C\C/C=C\CCCCCCCCCCCCCC(=O)OC(CO)COC(=O)CCCCCCCCCCC/C=C\CCCCCCCCCC. The van der Waals surface area contributed by atoms with Crippen molar-refractivity contribution in [2.75, 3.05) is 13.2 Å². The Balaban J connectivity index is 3.49. The maximum absolute atomic E-state index is 12.3. The summed E-state index contributed by atoms with van der Waals surface area (Å²) in [7, 11) is 0. The zero-order valence-electron chi connectivity index (χ0n) is 38.8. The molecular weight excluding hydrogens is 717 g/mol. The summed E-state index contributed by atoms with van der Waals surface area (Å²) < 4.78 is 10.7. The van der Waals surface area contributed by atoms with Crippen molar-refractivity contribution >= 4 is 11.9 Å². The van der Waals surface area contributed by atoms with Crippen LogP contribution in [0.1, 0.15) is 271 Å². The number of esters is 2. The minimum atomic E-state index is -0.773. The molecule has 0 radical (unpaired) electrons. The highest BCUT2D eigenvalue weighted by atomic mass is 16.6. The number of carbonyl (C=O) groups is 2. The van der Waals surface area contributed by atoms with E-state index in [1.165, 1.54) is 199 Å². The third-order valence-corrected chi connectivity index (χ3v) is 11.4. The van der Waals surface area contributed by atoms with Gasteiger partial charge < -0.3 is 14.6 Å². The van der Waals surface area contributed by atoms with E-state index >= 15 is 0 Å². The van der Waals surface area contributed by atoms with Crippen molar-refractivity contribution in [1.82, 2.24) is 0 Å². The highest BCUT2D eigenvalue weighted by molar-refractivity contribution is 5.70. The minimum absolute atomic E-state index is 0.0651. The first kappa shape index (κ1) is 56.1. The average molecular weight is 815 g/mol. The Morgan fingerprint density at radius 2 is 0.690 bits per heavy atom. The predicted octanol–water partition coefficient (Wildman–Crippen LogP) is 16.7. The maximum atomic E-state index is 12.3. The van der Waals surface area contributed by atoms with Gasteiger partial charge in [0.15, 0.2) is 6.10 Å². The van der Waals surface area contributed by atoms with Gasteiger partial charge in [0.1, 0.15) is 6.61 Å². The lowest BCUT2D eigenvalue weighted by Gasteiger charge is -2.15. The van der Waals surface area contributed by atoms with Crippen molar-refractivity contribution in [2.24, 2.45) is 0 Å². The van der Waals surface area contributed by atoms with Gasteiger partial charge in [-0.05, 0) is 70.6 Å². The van der Waals surface area contributed by atoms with Gasteiger partial charge in [-0.3, -0.25) is 9.59 Å². The largest absolute Gasteiger partial charge is 0.462 e. The van der Waals surface area contributed by atoms with Crippen LogP contribution in [-0.2, 0) is 19.1 Å². The Hall–Kier alpha value is -1.88.